The van der Waals surface area contributed by atoms with Gasteiger partial charge in [0.15, 0.2) is 0 Å². The molecule has 2 aromatic heterocycles. The van der Waals surface area contributed by atoms with Crippen LogP contribution in [0.2, 0.25) is 0 Å². The molecule has 92 valence electrons. The van der Waals surface area contributed by atoms with Crippen LogP contribution in [0.15, 0.2) is 10.6 Å². The van der Waals surface area contributed by atoms with E-state index in [1.54, 1.807) is 4.68 Å². The van der Waals surface area contributed by atoms with E-state index in [2.05, 4.69) is 10.3 Å². The summed E-state index contributed by atoms with van der Waals surface area (Å²) in [6.45, 7) is 5.95. The van der Waals surface area contributed by atoms with Crippen LogP contribution in [0.5, 0.6) is 0 Å². The van der Waals surface area contributed by atoms with Crippen LogP contribution in [0.4, 0.5) is 0 Å². The molecule has 0 bridgehead atoms. The second kappa shape index (κ2) is 4.33. The second-order valence-electron chi connectivity index (χ2n) is 4.45. The third kappa shape index (κ3) is 2.24. The van der Waals surface area contributed by atoms with Crippen molar-refractivity contribution >= 4 is 0 Å². The first kappa shape index (κ1) is 11.9. The van der Waals surface area contributed by atoms with Crippen molar-refractivity contribution in [3.63, 3.8) is 0 Å². The smallest absolute Gasteiger partial charge is 0.106 e. The first-order chi connectivity index (χ1) is 7.99. The molecule has 2 N–H and O–H groups in total. The highest BCUT2D eigenvalue weighted by molar-refractivity contribution is 5.34. The van der Waals surface area contributed by atoms with Gasteiger partial charge in [-0.15, -0.1) is 5.10 Å². The molecule has 0 aliphatic heterocycles. The topological polar surface area (TPSA) is 69.9 Å². The van der Waals surface area contributed by atoms with E-state index in [9.17, 15) is 0 Å². The summed E-state index contributed by atoms with van der Waals surface area (Å²) in [6, 6.07) is -0.0934. The van der Waals surface area contributed by atoms with Crippen LogP contribution < -0.4 is 5.73 Å². The number of hydrogen-bond donors (Lipinski definition) is 1. The molecule has 0 fully saturated rings. The van der Waals surface area contributed by atoms with Crippen LogP contribution in [-0.2, 0) is 13.5 Å². The van der Waals surface area contributed by atoms with Crippen LogP contribution in [0.3, 0.4) is 0 Å². The molecule has 2 aromatic rings. The molecule has 17 heavy (non-hydrogen) atoms. The van der Waals surface area contributed by atoms with Crippen molar-refractivity contribution in [2.45, 2.75) is 33.2 Å². The minimum atomic E-state index is -0.0934. The SMILES string of the molecule is Cc1oc(C)c(C(N)Cc2cn(C)nn2)c1C. The summed E-state index contributed by atoms with van der Waals surface area (Å²) >= 11 is 0. The zero-order chi connectivity index (χ0) is 12.6. The molecule has 0 saturated heterocycles. The van der Waals surface area contributed by atoms with Gasteiger partial charge in [-0.2, -0.15) is 0 Å². The number of nitrogens with two attached hydrogens (primary N) is 1. The number of rotatable bonds is 3. The van der Waals surface area contributed by atoms with E-state index in [-0.39, 0.29) is 6.04 Å². The minimum Gasteiger partial charge on any atom is -0.466 e. The molecule has 0 aliphatic rings. The summed E-state index contributed by atoms with van der Waals surface area (Å²) in [5.74, 6) is 1.84. The van der Waals surface area contributed by atoms with Gasteiger partial charge in [0.05, 0.1) is 5.69 Å². The van der Waals surface area contributed by atoms with Gasteiger partial charge < -0.3 is 10.2 Å². The Balaban J connectivity index is 2.22. The van der Waals surface area contributed by atoms with Gasteiger partial charge >= 0.3 is 0 Å². The highest BCUT2D eigenvalue weighted by atomic mass is 16.3. The minimum absolute atomic E-state index is 0.0934. The van der Waals surface area contributed by atoms with Gasteiger partial charge in [0.1, 0.15) is 11.5 Å². The molecule has 0 aliphatic carbocycles. The Hall–Kier alpha value is -1.62. The maximum Gasteiger partial charge on any atom is 0.106 e. The predicted molar refractivity (Wildman–Crippen MR) is 64.6 cm³/mol. The van der Waals surface area contributed by atoms with Crippen molar-refractivity contribution in [1.82, 2.24) is 15.0 Å². The van der Waals surface area contributed by atoms with Gasteiger partial charge in [0, 0.05) is 31.3 Å². The standard InChI is InChI=1S/C12H18N4O/c1-7-8(2)17-9(3)12(7)11(13)5-10-6-16(4)15-14-10/h6,11H,5,13H2,1-4H3. The lowest BCUT2D eigenvalue weighted by Crippen LogP contribution is -2.15. The van der Waals surface area contributed by atoms with Crippen molar-refractivity contribution in [1.29, 1.82) is 0 Å². The normalized spacial score (nSPS) is 13.0. The lowest BCUT2D eigenvalue weighted by molar-refractivity contribution is 0.496. The molecule has 0 amide bonds. The number of aryl methyl sites for hydroxylation is 3. The van der Waals surface area contributed by atoms with Crippen LogP contribution in [0, 0.1) is 20.8 Å². The van der Waals surface area contributed by atoms with E-state index in [1.807, 2.05) is 34.0 Å². The first-order valence-corrected chi connectivity index (χ1v) is 5.66. The zero-order valence-electron chi connectivity index (χ0n) is 10.7. The fourth-order valence-corrected chi connectivity index (χ4v) is 2.17. The Morgan fingerprint density at radius 2 is 2.06 bits per heavy atom. The average Bonchev–Trinajstić information content (AvgIpc) is 2.73. The third-order valence-corrected chi connectivity index (χ3v) is 3.07. The van der Waals surface area contributed by atoms with Gasteiger partial charge in [-0.3, -0.25) is 4.68 Å². The second-order valence-corrected chi connectivity index (χ2v) is 4.45. The monoisotopic (exact) mass is 234 g/mol. The lowest BCUT2D eigenvalue weighted by atomic mass is 9.99. The molecule has 5 nitrogen and oxygen atoms in total. The number of nitrogens with zero attached hydrogens (tertiary/aromatic N) is 3. The number of hydrogen-bond acceptors (Lipinski definition) is 4. The fourth-order valence-electron chi connectivity index (χ4n) is 2.17. The van der Waals surface area contributed by atoms with E-state index < -0.39 is 0 Å². The zero-order valence-corrected chi connectivity index (χ0v) is 10.7. The highest BCUT2D eigenvalue weighted by Gasteiger charge is 2.19. The Bertz CT molecular complexity index is 527. The van der Waals surface area contributed by atoms with Gasteiger partial charge in [-0.1, -0.05) is 5.21 Å². The summed E-state index contributed by atoms with van der Waals surface area (Å²) in [5.41, 5.74) is 9.34. The summed E-state index contributed by atoms with van der Waals surface area (Å²) < 4.78 is 7.27. The van der Waals surface area contributed by atoms with Crippen molar-refractivity contribution in [2.24, 2.45) is 12.8 Å². The van der Waals surface area contributed by atoms with Gasteiger partial charge in [0.25, 0.3) is 0 Å². The quantitative estimate of drug-likeness (QED) is 0.875. The summed E-state index contributed by atoms with van der Waals surface area (Å²) in [6.07, 6.45) is 2.56. The van der Waals surface area contributed by atoms with Crippen LogP contribution in [-0.4, -0.2) is 15.0 Å². The van der Waals surface area contributed by atoms with Crippen LogP contribution >= 0.6 is 0 Å². The van der Waals surface area contributed by atoms with Crippen LogP contribution in [0.25, 0.3) is 0 Å². The molecule has 2 heterocycles. The maximum atomic E-state index is 6.21. The van der Waals surface area contributed by atoms with E-state index in [4.69, 9.17) is 10.2 Å². The Morgan fingerprint density at radius 1 is 1.35 bits per heavy atom. The lowest BCUT2D eigenvalue weighted by Gasteiger charge is -2.10. The number of aromatic nitrogens is 3. The molecule has 0 radical (unpaired) electrons. The molecule has 0 spiro atoms. The van der Waals surface area contributed by atoms with Gasteiger partial charge in [-0.05, 0) is 26.3 Å². The van der Waals surface area contributed by atoms with Crippen molar-refractivity contribution < 1.29 is 4.42 Å². The van der Waals surface area contributed by atoms with Crippen molar-refractivity contribution in [2.75, 3.05) is 0 Å². The van der Waals surface area contributed by atoms with E-state index in [0.29, 0.717) is 6.42 Å². The fraction of sp³-hybridized carbons (Fsp3) is 0.500. The molecule has 0 aromatic carbocycles. The molecular formula is C12H18N4O. The molecular weight excluding hydrogens is 216 g/mol. The van der Waals surface area contributed by atoms with Crippen LogP contribution in [0.1, 0.15) is 34.4 Å². The highest BCUT2D eigenvalue weighted by Crippen LogP contribution is 2.27. The van der Waals surface area contributed by atoms with Gasteiger partial charge in [0.2, 0.25) is 0 Å². The Labute approximate surface area is 101 Å². The average molecular weight is 234 g/mol. The Kier molecular flexibility index (Phi) is 3.02. The maximum absolute atomic E-state index is 6.21. The first-order valence-electron chi connectivity index (χ1n) is 5.66. The number of furan rings is 1. The summed E-state index contributed by atoms with van der Waals surface area (Å²) in [7, 11) is 1.85. The van der Waals surface area contributed by atoms with E-state index in [0.717, 1.165) is 28.3 Å². The molecule has 5 heteroatoms. The third-order valence-electron chi connectivity index (χ3n) is 3.07. The Morgan fingerprint density at radius 3 is 2.53 bits per heavy atom. The molecule has 1 atom stereocenters. The van der Waals surface area contributed by atoms with Gasteiger partial charge in [-0.25, -0.2) is 0 Å². The molecule has 0 saturated carbocycles. The molecule has 2 rings (SSSR count). The van der Waals surface area contributed by atoms with E-state index in [1.165, 1.54) is 0 Å². The van der Waals surface area contributed by atoms with E-state index >= 15 is 0 Å². The largest absolute Gasteiger partial charge is 0.466 e. The summed E-state index contributed by atoms with van der Waals surface area (Å²) in [4.78, 5) is 0. The van der Waals surface area contributed by atoms with Crippen molar-refractivity contribution in [3.05, 3.63) is 34.5 Å². The predicted octanol–water partition coefficient (Wildman–Crippen LogP) is 1.58. The summed E-state index contributed by atoms with van der Waals surface area (Å²) in [5, 5.41) is 7.95. The van der Waals surface area contributed by atoms with Crippen molar-refractivity contribution in [3.8, 4) is 0 Å². The molecule has 1 unspecified atom stereocenters.